The molecule has 0 unspecified atom stereocenters. The first-order chi connectivity index (χ1) is 12.1. The van der Waals surface area contributed by atoms with E-state index in [1.807, 2.05) is 24.3 Å². The maximum atomic E-state index is 13.1. The van der Waals surface area contributed by atoms with Gasteiger partial charge >= 0.3 is 0 Å². The lowest BCUT2D eigenvalue weighted by molar-refractivity contribution is 0.102. The maximum Gasteiger partial charge on any atom is 0.257 e. The van der Waals surface area contributed by atoms with Crippen LogP contribution in [0.2, 0.25) is 5.02 Å². The highest BCUT2D eigenvalue weighted by Crippen LogP contribution is 2.21. The van der Waals surface area contributed by atoms with Crippen LogP contribution in [-0.4, -0.2) is 25.5 Å². The number of carbonyl (C=O) groups excluding carboxylic acids is 1. The number of amides is 1. The highest BCUT2D eigenvalue weighted by Gasteiger charge is 2.13. The van der Waals surface area contributed by atoms with E-state index in [2.05, 4.69) is 16.0 Å². The van der Waals surface area contributed by atoms with Gasteiger partial charge in [-0.3, -0.25) is 4.79 Å². The fourth-order valence-corrected chi connectivity index (χ4v) is 3.18. The van der Waals surface area contributed by atoms with Crippen molar-refractivity contribution in [2.24, 2.45) is 5.92 Å². The molecule has 0 spiro atoms. The van der Waals surface area contributed by atoms with Gasteiger partial charge < -0.3 is 16.0 Å². The van der Waals surface area contributed by atoms with Gasteiger partial charge in [-0.25, -0.2) is 4.39 Å². The van der Waals surface area contributed by atoms with Gasteiger partial charge in [0.15, 0.2) is 0 Å². The van der Waals surface area contributed by atoms with E-state index in [0.29, 0.717) is 11.6 Å². The molecule has 0 radical (unpaired) electrons. The molecule has 1 aliphatic rings. The summed E-state index contributed by atoms with van der Waals surface area (Å²) in [6, 6.07) is 11.3. The monoisotopic (exact) mass is 433 g/mol. The molecule has 2 aromatic rings. The van der Waals surface area contributed by atoms with Gasteiger partial charge in [-0.15, -0.1) is 24.8 Å². The quantitative estimate of drug-likeness (QED) is 0.621. The van der Waals surface area contributed by atoms with Crippen molar-refractivity contribution in [2.75, 3.05) is 30.3 Å². The number of hydrogen-bond acceptors (Lipinski definition) is 3. The number of halogens is 4. The Labute approximate surface area is 176 Å². The second-order valence-electron chi connectivity index (χ2n) is 6.23. The lowest BCUT2D eigenvalue weighted by Gasteiger charge is -2.23. The first-order valence-electron chi connectivity index (χ1n) is 8.43. The Morgan fingerprint density at radius 1 is 1.11 bits per heavy atom. The summed E-state index contributed by atoms with van der Waals surface area (Å²) in [6.07, 6.45) is 2.35. The summed E-state index contributed by atoms with van der Waals surface area (Å²) >= 11 is 5.94. The third-order valence-electron chi connectivity index (χ3n) is 4.35. The lowest BCUT2D eigenvalue weighted by Crippen LogP contribution is -2.31. The van der Waals surface area contributed by atoms with E-state index in [0.717, 1.165) is 31.4 Å². The molecule has 3 N–H and O–H groups in total. The molecule has 148 valence electrons. The van der Waals surface area contributed by atoms with Crippen LogP contribution in [0.5, 0.6) is 0 Å². The number of anilines is 2. The van der Waals surface area contributed by atoms with Gasteiger partial charge in [0.05, 0.1) is 10.6 Å². The van der Waals surface area contributed by atoms with Crippen LogP contribution in [0.15, 0.2) is 42.5 Å². The van der Waals surface area contributed by atoms with Crippen LogP contribution in [0, 0.1) is 11.7 Å². The molecule has 0 aromatic heterocycles. The third kappa shape index (κ3) is 6.85. The minimum atomic E-state index is -0.467. The van der Waals surface area contributed by atoms with Crippen molar-refractivity contribution in [1.29, 1.82) is 0 Å². The van der Waals surface area contributed by atoms with Gasteiger partial charge in [-0.05, 0) is 68.2 Å². The molecule has 1 fully saturated rings. The van der Waals surface area contributed by atoms with E-state index in [9.17, 15) is 9.18 Å². The number of carbonyl (C=O) groups is 1. The van der Waals surface area contributed by atoms with E-state index in [4.69, 9.17) is 11.6 Å². The summed E-state index contributed by atoms with van der Waals surface area (Å²) in [5, 5.41) is 9.69. The van der Waals surface area contributed by atoms with Gasteiger partial charge in [0.2, 0.25) is 0 Å². The smallest absolute Gasteiger partial charge is 0.257 e. The van der Waals surface area contributed by atoms with Crippen LogP contribution in [0.3, 0.4) is 0 Å². The Morgan fingerprint density at radius 3 is 2.52 bits per heavy atom. The molecule has 4 nitrogen and oxygen atoms in total. The fraction of sp³-hybridized carbons (Fsp3) is 0.316. The Kier molecular flexibility index (Phi) is 9.88. The minimum Gasteiger partial charge on any atom is -0.385 e. The Bertz CT molecular complexity index is 755. The standard InChI is InChI=1S/C19H21ClFN3O.2ClH/c20-18-10-14(21)4-5-17(18)19(25)24-16-3-1-2-15(11-16)23-12-13-6-8-22-9-7-13;;/h1-5,10-11,13,22-23H,6-9,12H2,(H,24,25);2*1H. The Morgan fingerprint density at radius 2 is 1.81 bits per heavy atom. The number of rotatable bonds is 5. The van der Waals surface area contributed by atoms with Crippen molar-refractivity contribution < 1.29 is 9.18 Å². The number of hydrogen-bond donors (Lipinski definition) is 3. The molecular formula is C19H23Cl3FN3O. The van der Waals surface area contributed by atoms with E-state index < -0.39 is 5.82 Å². The Balaban J connectivity index is 0.00000182. The molecule has 1 heterocycles. The van der Waals surface area contributed by atoms with Crippen molar-refractivity contribution in [3.05, 3.63) is 58.9 Å². The van der Waals surface area contributed by atoms with Crippen molar-refractivity contribution in [1.82, 2.24) is 5.32 Å². The van der Waals surface area contributed by atoms with Crippen LogP contribution in [-0.2, 0) is 0 Å². The first kappa shape index (κ1) is 23.5. The number of nitrogens with one attached hydrogen (secondary N) is 3. The summed E-state index contributed by atoms with van der Waals surface area (Å²) < 4.78 is 13.1. The largest absolute Gasteiger partial charge is 0.385 e. The minimum absolute atomic E-state index is 0. The van der Waals surface area contributed by atoms with Gasteiger partial charge in [0, 0.05) is 17.9 Å². The van der Waals surface area contributed by atoms with Gasteiger partial charge in [0.1, 0.15) is 5.82 Å². The second kappa shape index (κ2) is 11.3. The van der Waals surface area contributed by atoms with E-state index in [-0.39, 0.29) is 41.3 Å². The predicted octanol–water partition coefficient (Wildman–Crippen LogP) is 4.99. The Hall–Kier alpha value is -1.53. The molecule has 1 saturated heterocycles. The zero-order valence-corrected chi connectivity index (χ0v) is 17.0. The molecule has 0 saturated carbocycles. The van der Waals surface area contributed by atoms with E-state index >= 15 is 0 Å². The molecule has 27 heavy (non-hydrogen) atoms. The molecule has 0 bridgehead atoms. The van der Waals surface area contributed by atoms with Crippen LogP contribution in [0.25, 0.3) is 0 Å². The van der Waals surface area contributed by atoms with Gasteiger partial charge in [-0.1, -0.05) is 17.7 Å². The average Bonchev–Trinajstić information content (AvgIpc) is 2.61. The van der Waals surface area contributed by atoms with Gasteiger partial charge in [0.25, 0.3) is 5.91 Å². The van der Waals surface area contributed by atoms with Crippen molar-refractivity contribution >= 4 is 53.7 Å². The molecule has 1 amide bonds. The molecule has 0 atom stereocenters. The maximum absolute atomic E-state index is 13.1. The highest BCUT2D eigenvalue weighted by atomic mass is 35.5. The average molecular weight is 435 g/mol. The van der Waals surface area contributed by atoms with E-state index in [1.165, 1.54) is 25.0 Å². The zero-order valence-electron chi connectivity index (χ0n) is 14.6. The normalized spacial score (nSPS) is 13.9. The van der Waals surface area contributed by atoms with Crippen LogP contribution in [0.4, 0.5) is 15.8 Å². The first-order valence-corrected chi connectivity index (χ1v) is 8.80. The van der Waals surface area contributed by atoms with E-state index in [1.54, 1.807) is 0 Å². The highest BCUT2D eigenvalue weighted by molar-refractivity contribution is 6.34. The fourth-order valence-electron chi connectivity index (χ4n) is 2.93. The second-order valence-corrected chi connectivity index (χ2v) is 6.64. The molecule has 2 aromatic carbocycles. The third-order valence-corrected chi connectivity index (χ3v) is 4.66. The molecule has 1 aliphatic heterocycles. The zero-order chi connectivity index (χ0) is 17.6. The topological polar surface area (TPSA) is 53.2 Å². The number of piperidine rings is 1. The molecule has 0 aliphatic carbocycles. The van der Waals surface area contributed by atoms with Crippen molar-refractivity contribution in [3.8, 4) is 0 Å². The molecule has 3 rings (SSSR count). The van der Waals surface area contributed by atoms with Gasteiger partial charge in [-0.2, -0.15) is 0 Å². The lowest BCUT2D eigenvalue weighted by atomic mass is 9.98. The van der Waals surface area contributed by atoms with Crippen LogP contribution in [0.1, 0.15) is 23.2 Å². The summed E-state index contributed by atoms with van der Waals surface area (Å²) in [6.45, 7) is 3.06. The number of benzene rings is 2. The van der Waals surface area contributed by atoms with Crippen LogP contribution < -0.4 is 16.0 Å². The molecular weight excluding hydrogens is 412 g/mol. The van der Waals surface area contributed by atoms with Crippen molar-refractivity contribution in [2.45, 2.75) is 12.8 Å². The van der Waals surface area contributed by atoms with Crippen LogP contribution >= 0.6 is 36.4 Å². The SMILES string of the molecule is Cl.Cl.O=C(Nc1cccc(NCC2CCNCC2)c1)c1ccc(F)cc1Cl. The summed E-state index contributed by atoms with van der Waals surface area (Å²) in [5.41, 5.74) is 1.87. The molecule has 8 heteroatoms. The predicted molar refractivity (Wildman–Crippen MR) is 114 cm³/mol. The summed E-state index contributed by atoms with van der Waals surface area (Å²) in [5.74, 6) is -0.163. The summed E-state index contributed by atoms with van der Waals surface area (Å²) in [4.78, 5) is 12.3. The summed E-state index contributed by atoms with van der Waals surface area (Å²) in [7, 11) is 0. The van der Waals surface area contributed by atoms with Crippen molar-refractivity contribution in [3.63, 3.8) is 0 Å².